The molecule has 1 aliphatic rings. The predicted molar refractivity (Wildman–Crippen MR) is 112 cm³/mol. The first-order valence-electron chi connectivity index (χ1n) is 10.1. The lowest BCUT2D eigenvalue weighted by Gasteiger charge is -2.28. The number of aryl methyl sites for hydroxylation is 2. The second kappa shape index (κ2) is 7.96. The number of nitrogens with zero attached hydrogens (tertiary/aromatic N) is 5. The molecule has 1 amide bonds. The van der Waals surface area contributed by atoms with Crippen molar-refractivity contribution in [3.8, 4) is 0 Å². The molecule has 0 saturated carbocycles. The molecule has 0 aliphatic carbocycles. The van der Waals surface area contributed by atoms with Gasteiger partial charge in [0.15, 0.2) is 0 Å². The fraction of sp³-hybridized carbons (Fsp3) is 0.476. The van der Waals surface area contributed by atoms with Crippen molar-refractivity contribution in [2.45, 2.75) is 58.4 Å². The molecule has 1 aliphatic heterocycles. The van der Waals surface area contributed by atoms with Gasteiger partial charge in [-0.05, 0) is 39.3 Å². The van der Waals surface area contributed by atoms with Gasteiger partial charge in [0.2, 0.25) is 5.91 Å². The van der Waals surface area contributed by atoms with Gasteiger partial charge in [0, 0.05) is 44.0 Å². The second-order valence-electron chi connectivity index (χ2n) is 8.11. The van der Waals surface area contributed by atoms with Gasteiger partial charge in [0.05, 0.1) is 17.2 Å². The van der Waals surface area contributed by atoms with E-state index in [9.17, 15) is 4.79 Å². The minimum atomic E-state index is -0.242. The molecule has 29 heavy (non-hydrogen) atoms. The van der Waals surface area contributed by atoms with Crippen LogP contribution in [0.5, 0.6) is 0 Å². The van der Waals surface area contributed by atoms with Crippen LogP contribution in [0.4, 0.5) is 0 Å². The van der Waals surface area contributed by atoms with E-state index in [2.05, 4.69) is 45.4 Å². The summed E-state index contributed by atoms with van der Waals surface area (Å²) in [6, 6.07) is 8.20. The topological polar surface area (TPSA) is 80.0 Å². The number of nitrogens with one attached hydrogen (secondary N) is 2. The van der Waals surface area contributed by atoms with E-state index in [1.807, 2.05) is 49.5 Å². The summed E-state index contributed by atoms with van der Waals surface area (Å²) in [6.45, 7) is 7.47. The second-order valence-corrected chi connectivity index (χ2v) is 8.11. The minimum Gasteiger partial charge on any atom is -0.334 e. The highest BCUT2D eigenvalue weighted by molar-refractivity contribution is 5.82. The van der Waals surface area contributed by atoms with Gasteiger partial charge < -0.3 is 9.47 Å². The quantitative estimate of drug-likeness (QED) is 0.665. The van der Waals surface area contributed by atoms with Crippen LogP contribution in [0.25, 0.3) is 11.0 Å². The Hall–Kier alpha value is -2.71. The number of carbonyl (C=O) groups is 1. The summed E-state index contributed by atoms with van der Waals surface area (Å²) in [7, 11) is 1.89. The molecule has 0 bridgehead atoms. The van der Waals surface area contributed by atoms with E-state index >= 15 is 0 Å². The first-order valence-corrected chi connectivity index (χ1v) is 10.1. The van der Waals surface area contributed by atoms with Gasteiger partial charge in [-0.1, -0.05) is 12.1 Å². The summed E-state index contributed by atoms with van der Waals surface area (Å²) in [4.78, 5) is 19.8. The summed E-state index contributed by atoms with van der Waals surface area (Å²) in [5.41, 5.74) is 9.71. The Labute approximate surface area is 170 Å². The summed E-state index contributed by atoms with van der Waals surface area (Å²) < 4.78 is 3.99. The molecule has 2 atom stereocenters. The number of rotatable bonds is 6. The predicted octanol–water partition coefficient (Wildman–Crippen LogP) is 1.75. The van der Waals surface area contributed by atoms with Gasteiger partial charge in [-0.15, -0.1) is 0 Å². The number of hydrogen-bond donors (Lipinski definition) is 2. The van der Waals surface area contributed by atoms with Crippen molar-refractivity contribution in [2.24, 2.45) is 7.05 Å². The molecule has 8 nitrogen and oxygen atoms in total. The smallest absolute Gasteiger partial charge is 0.241 e. The molecule has 3 heterocycles. The zero-order chi connectivity index (χ0) is 20.5. The minimum absolute atomic E-state index is 0.114. The number of amides is 1. The van der Waals surface area contributed by atoms with Crippen molar-refractivity contribution in [2.75, 3.05) is 0 Å². The summed E-state index contributed by atoms with van der Waals surface area (Å²) in [5, 5.41) is 4.21. The highest BCUT2D eigenvalue weighted by atomic mass is 16.2. The standard InChI is InChI=1S/C21H29N7O/c1-14(2)27(12-16-10-22-26(4)11-16)21(29)19-9-17(24-25-19)13-28-15(3)23-18-7-5-6-8-20(18)28/h5-8,10-11,14,17,19,24-25H,9,12-13H2,1-4H3. The lowest BCUT2D eigenvalue weighted by atomic mass is 10.1. The van der Waals surface area contributed by atoms with Gasteiger partial charge in [-0.3, -0.25) is 14.9 Å². The van der Waals surface area contributed by atoms with E-state index in [4.69, 9.17) is 0 Å². The van der Waals surface area contributed by atoms with Crippen molar-refractivity contribution in [1.82, 2.24) is 35.1 Å². The van der Waals surface area contributed by atoms with Crippen LogP contribution in [0, 0.1) is 6.92 Å². The number of imidazole rings is 1. The van der Waals surface area contributed by atoms with Crippen molar-refractivity contribution < 1.29 is 4.79 Å². The van der Waals surface area contributed by atoms with Crippen LogP contribution in [-0.4, -0.2) is 48.3 Å². The molecule has 1 aromatic carbocycles. The van der Waals surface area contributed by atoms with E-state index in [0.717, 1.165) is 35.4 Å². The molecule has 3 aromatic rings. The zero-order valence-corrected chi connectivity index (χ0v) is 17.5. The molecular weight excluding hydrogens is 366 g/mol. The number of hydrazine groups is 1. The number of para-hydroxylation sites is 2. The molecule has 154 valence electrons. The lowest BCUT2D eigenvalue weighted by Crippen LogP contribution is -2.48. The van der Waals surface area contributed by atoms with E-state index in [0.29, 0.717) is 6.54 Å². The maximum atomic E-state index is 13.2. The highest BCUT2D eigenvalue weighted by Crippen LogP contribution is 2.19. The molecule has 8 heteroatoms. The zero-order valence-electron chi connectivity index (χ0n) is 17.5. The van der Waals surface area contributed by atoms with Gasteiger partial charge >= 0.3 is 0 Å². The Morgan fingerprint density at radius 2 is 2.10 bits per heavy atom. The SMILES string of the molecule is Cc1nc2ccccc2n1CC1CC(C(=O)N(Cc2cnn(C)c2)C(C)C)NN1. The summed E-state index contributed by atoms with van der Waals surface area (Å²) in [6.07, 6.45) is 4.51. The lowest BCUT2D eigenvalue weighted by molar-refractivity contribution is -0.135. The van der Waals surface area contributed by atoms with Crippen LogP contribution in [0.3, 0.4) is 0 Å². The third-order valence-corrected chi connectivity index (χ3v) is 5.55. The van der Waals surface area contributed by atoms with Crippen LogP contribution in [0.1, 0.15) is 31.7 Å². The molecule has 2 N–H and O–H groups in total. The van der Waals surface area contributed by atoms with Crippen LogP contribution in [0.15, 0.2) is 36.7 Å². The van der Waals surface area contributed by atoms with E-state index in [1.165, 1.54) is 0 Å². The Morgan fingerprint density at radius 1 is 1.31 bits per heavy atom. The van der Waals surface area contributed by atoms with Crippen LogP contribution >= 0.6 is 0 Å². The molecule has 1 fully saturated rings. The van der Waals surface area contributed by atoms with Gasteiger partial charge in [0.25, 0.3) is 0 Å². The van der Waals surface area contributed by atoms with E-state index in [1.54, 1.807) is 4.68 Å². The highest BCUT2D eigenvalue weighted by Gasteiger charge is 2.33. The fourth-order valence-corrected chi connectivity index (χ4v) is 4.02. The van der Waals surface area contributed by atoms with E-state index in [-0.39, 0.29) is 24.0 Å². The molecule has 0 spiro atoms. The van der Waals surface area contributed by atoms with Crippen molar-refractivity contribution in [3.63, 3.8) is 0 Å². The van der Waals surface area contributed by atoms with E-state index < -0.39 is 0 Å². The molecular formula is C21H29N7O. The summed E-state index contributed by atoms with van der Waals surface area (Å²) in [5.74, 6) is 1.11. The van der Waals surface area contributed by atoms with Gasteiger partial charge in [0.1, 0.15) is 11.9 Å². The number of hydrogen-bond acceptors (Lipinski definition) is 5. The monoisotopic (exact) mass is 395 g/mol. The normalized spacial score (nSPS) is 19.3. The number of aromatic nitrogens is 4. The molecule has 1 saturated heterocycles. The van der Waals surface area contributed by atoms with Crippen molar-refractivity contribution in [3.05, 3.63) is 48.0 Å². The maximum Gasteiger partial charge on any atom is 0.241 e. The Kier molecular flexibility index (Phi) is 5.38. The first-order chi connectivity index (χ1) is 13.9. The Morgan fingerprint density at radius 3 is 2.83 bits per heavy atom. The third kappa shape index (κ3) is 4.04. The van der Waals surface area contributed by atoms with Crippen molar-refractivity contribution >= 4 is 16.9 Å². The Bertz CT molecular complexity index is 1010. The third-order valence-electron chi connectivity index (χ3n) is 5.55. The van der Waals surface area contributed by atoms with Crippen LogP contribution in [0.2, 0.25) is 0 Å². The van der Waals surface area contributed by atoms with Gasteiger partial charge in [-0.25, -0.2) is 10.4 Å². The molecule has 2 aromatic heterocycles. The molecule has 4 rings (SSSR count). The summed E-state index contributed by atoms with van der Waals surface area (Å²) >= 11 is 0. The van der Waals surface area contributed by atoms with Crippen molar-refractivity contribution in [1.29, 1.82) is 0 Å². The average Bonchev–Trinajstić information content (AvgIpc) is 3.39. The number of fused-ring (bicyclic) bond motifs is 1. The molecule has 0 radical (unpaired) electrons. The molecule has 2 unspecified atom stereocenters. The van der Waals surface area contributed by atoms with Gasteiger partial charge in [-0.2, -0.15) is 5.10 Å². The van der Waals surface area contributed by atoms with Crippen LogP contribution < -0.4 is 10.9 Å². The average molecular weight is 396 g/mol. The number of carbonyl (C=O) groups excluding carboxylic acids is 1. The largest absolute Gasteiger partial charge is 0.334 e. The first kappa shape index (κ1) is 19.6. The van der Waals surface area contributed by atoms with Crippen LogP contribution in [-0.2, 0) is 24.9 Å². The number of benzene rings is 1. The Balaban J connectivity index is 1.44. The fourth-order valence-electron chi connectivity index (χ4n) is 4.02. The maximum absolute atomic E-state index is 13.2.